The minimum Gasteiger partial charge on any atom is -0.231 e. The van der Waals surface area contributed by atoms with Crippen LogP contribution in [-0.2, 0) is 21.1 Å². The first-order valence-electron chi connectivity index (χ1n) is 1.43. The fraction of sp³-hybridized carbons (Fsp3) is 0. The first kappa shape index (κ1) is 11.6. The summed E-state index contributed by atoms with van der Waals surface area (Å²) in [5.41, 5.74) is 0. The predicted molar refractivity (Wildman–Crippen MR) is 31.8 cm³/mol. The van der Waals surface area contributed by atoms with Crippen LogP contribution >= 0.6 is 0 Å². The molecule has 0 unspecified atom stereocenters. The van der Waals surface area contributed by atoms with Crippen molar-refractivity contribution in [1.82, 2.24) is 0 Å². The lowest BCUT2D eigenvalue weighted by Crippen LogP contribution is -2.21. The van der Waals surface area contributed by atoms with Gasteiger partial charge in [-0.3, -0.25) is 0 Å². The van der Waals surface area contributed by atoms with Crippen LogP contribution in [0.5, 0.6) is 0 Å². The fourth-order valence-corrected chi connectivity index (χ4v) is 0. The summed E-state index contributed by atoms with van der Waals surface area (Å²) >= 11 is 0. The summed E-state index contributed by atoms with van der Waals surface area (Å²) in [7, 11) is -6.29. The van der Waals surface area contributed by atoms with Gasteiger partial charge in [-0.05, 0) is 0 Å². The van der Waals surface area contributed by atoms with Crippen LogP contribution in [0.15, 0.2) is 0 Å². The molecular weight excluding hydrogens is 170 g/mol. The van der Waals surface area contributed by atoms with Gasteiger partial charge >= 0.3 is 0 Å². The first-order chi connectivity index (χ1) is 3.73. The highest BCUT2D eigenvalue weighted by atomic mass is 32.2. The van der Waals surface area contributed by atoms with Gasteiger partial charge in [-0.2, -0.15) is 8.42 Å². The molecule has 9 heteroatoms. The molecule has 0 aliphatic rings. The van der Waals surface area contributed by atoms with Gasteiger partial charge in [0.15, 0.2) is 10.9 Å². The molecule has 0 heterocycles. The minimum absolute atomic E-state index is 2.62. The molecule has 0 aromatic carbocycles. The number of rotatable bonds is 0. The van der Waals surface area contributed by atoms with E-state index in [-0.39, 0.29) is 0 Å². The molecule has 0 atom stereocenters. The minimum atomic E-state index is -3.67. The van der Waals surface area contributed by atoms with Gasteiger partial charge in [0.1, 0.15) is 0 Å². The summed E-state index contributed by atoms with van der Waals surface area (Å²) in [5, 5.41) is 12.3. The van der Waals surface area contributed by atoms with Crippen molar-refractivity contribution in [3.8, 4) is 0 Å². The van der Waals surface area contributed by atoms with Crippen molar-refractivity contribution >= 4 is 21.1 Å². The van der Waals surface area contributed by atoms with Gasteiger partial charge in [0.25, 0.3) is 10.2 Å². The Morgan fingerprint density at radius 2 is 1.11 bits per heavy atom. The van der Waals surface area contributed by atoms with E-state index in [1.54, 1.807) is 0 Å². The van der Waals surface area contributed by atoms with Crippen LogP contribution in [0.2, 0.25) is 0 Å². The Kier molecular flexibility index (Phi) is 5.96. The second kappa shape index (κ2) is 4.64. The van der Waals surface area contributed by atoms with Crippen LogP contribution in [0, 0.1) is 0 Å². The molecule has 0 radical (unpaired) electrons. The quantitative estimate of drug-likeness (QED) is 0.286. The maximum absolute atomic E-state index is 9.19. The molecular formula is H7N3O4S2. The Hall–Kier alpha value is -0.220. The topological polar surface area (TPSA) is 146 Å². The fourth-order valence-electron chi connectivity index (χ4n) is 0. The summed E-state index contributed by atoms with van der Waals surface area (Å²) in [4.78, 5) is 0. The highest BCUT2D eigenvalue weighted by Crippen LogP contribution is 1.40. The Labute approximate surface area is 54.1 Å². The Balaban J connectivity index is 0. The van der Waals surface area contributed by atoms with E-state index >= 15 is 0 Å². The van der Waals surface area contributed by atoms with E-state index in [4.69, 9.17) is 8.42 Å². The molecule has 0 saturated carbocycles. The van der Waals surface area contributed by atoms with Crippen LogP contribution in [-0.4, -0.2) is 16.8 Å². The largest absolute Gasteiger partial charge is 0.271 e. The van der Waals surface area contributed by atoms with Crippen molar-refractivity contribution < 1.29 is 16.8 Å². The summed E-state index contributed by atoms with van der Waals surface area (Å²) in [5.74, 6) is 0. The van der Waals surface area contributed by atoms with E-state index in [2.05, 4.69) is 15.4 Å². The maximum atomic E-state index is 9.19. The standard InChI is InChI=1S/H4N2O2S.H3NO2S/c1-5(2,3)4;1-4(2)3/h(H4,1,2,3,4);4H,(H2,1,2,3). The van der Waals surface area contributed by atoms with E-state index in [1.165, 1.54) is 0 Å². The van der Waals surface area contributed by atoms with Gasteiger partial charge in [-0.25, -0.2) is 23.8 Å². The molecule has 0 rings (SSSR count). The van der Waals surface area contributed by atoms with Crippen molar-refractivity contribution in [2.45, 2.75) is 0 Å². The molecule has 0 spiro atoms. The van der Waals surface area contributed by atoms with Crippen molar-refractivity contribution in [1.29, 1.82) is 0 Å². The maximum Gasteiger partial charge on any atom is 0.271 e. The van der Waals surface area contributed by atoms with Gasteiger partial charge < -0.3 is 0 Å². The summed E-state index contributed by atoms with van der Waals surface area (Å²) in [6.45, 7) is 0. The second-order valence-electron chi connectivity index (χ2n) is 0.874. The Morgan fingerprint density at radius 3 is 1.11 bits per heavy atom. The molecule has 58 valence electrons. The summed E-state index contributed by atoms with van der Waals surface area (Å²) in [6.07, 6.45) is 0. The van der Waals surface area contributed by atoms with Crippen molar-refractivity contribution in [2.24, 2.45) is 15.4 Å². The Morgan fingerprint density at radius 1 is 1.11 bits per heavy atom. The molecule has 0 amide bonds. The van der Waals surface area contributed by atoms with Crippen LogP contribution < -0.4 is 15.4 Å². The molecule has 0 aromatic heterocycles. The molecule has 0 saturated heterocycles. The van der Waals surface area contributed by atoms with Crippen LogP contribution in [0.3, 0.4) is 0 Å². The highest BCUT2D eigenvalue weighted by Gasteiger charge is 1.78. The van der Waals surface area contributed by atoms with E-state index in [9.17, 15) is 8.42 Å². The smallest absolute Gasteiger partial charge is 0.231 e. The van der Waals surface area contributed by atoms with Gasteiger partial charge in [0.05, 0.1) is 0 Å². The number of hydrogen-bond donors (Lipinski definition) is 4. The first-order valence-corrected chi connectivity index (χ1v) is 4.28. The van der Waals surface area contributed by atoms with E-state index in [0.29, 0.717) is 0 Å². The molecule has 6 N–H and O–H groups in total. The van der Waals surface area contributed by atoms with Gasteiger partial charge in [0, 0.05) is 0 Å². The zero-order chi connectivity index (χ0) is 8.08. The van der Waals surface area contributed by atoms with Gasteiger partial charge in [0.2, 0.25) is 0 Å². The third-order valence-corrected chi connectivity index (χ3v) is 0. The van der Waals surface area contributed by atoms with Crippen LogP contribution in [0.25, 0.3) is 0 Å². The molecule has 0 bridgehead atoms. The lowest BCUT2D eigenvalue weighted by atomic mass is 13.9. The lowest BCUT2D eigenvalue weighted by Gasteiger charge is -1.72. The van der Waals surface area contributed by atoms with Crippen molar-refractivity contribution in [3.63, 3.8) is 0 Å². The van der Waals surface area contributed by atoms with E-state index in [0.717, 1.165) is 0 Å². The monoisotopic (exact) mass is 177 g/mol. The van der Waals surface area contributed by atoms with Crippen LogP contribution in [0.1, 0.15) is 0 Å². The lowest BCUT2D eigenvalue weighted by molar-refractivity contribution is 0.599. The van der Waals surface area contributed by atoms with Gasteiger partial charge in [-0.1, -0.05) is 0 Å². The van der Waals surface area contributed by atoms with E-state index < -0.39 is 21.1 Å². The van der Waals surface area contributed by atoms with Crippen LogP contribution in [0.4, 0.5) is 0 Å². The zero-order valence-electron chi connectivity index (χ0n) is 4.22. The summed E-state index contributed by atoms with van der Waals surface area (Å²) < 4.78 is 36.0. The normalized spacial score (nSPS) is 10.2. The molecule has 0 aliphatic carbocycles. The number of hydrogen-bond acceptors (Lipinski definition) is 4. The molecule has 0 aromatic rings. The predicted octanol–water partition coefficient (Wildman–Crippen LogP) is -3.38. The number of thiol groups is 1. The van der Waals surface area contributed by atoms with Crippen molar-refractivity contribution in [3.05, 3.63) is 0 Å². The number of nitrogens with two attached hydrogens (primary N) is 3. The molecule has 9 heavy (non-hydrogen) atoms. The van der Waals surface area contributed by atoms with E-state index in [1.807, 2.05) is 0 Å². The zero-order valence-corrected chi connectivity index (χ0v) is 5.93. The molecule has 0 fully saturated rings. The highest BCUT2D eigenvalue weighted by molar-refractivity contribution is 7.86. The molecule has 7 nitrogen and oxygen atoms in total. The SMILES string of the molecule is NS(N)(=O)=O.N[SH](=O)=O. The third kappa shape index (κ3) is 5370. The molecule has 0 aliphatic heterocycles. The second-order valence-corrected chi connectivity index (χ2v) is 2.62. The van der Waals surface area contributed by atoms with Crippen molar-refractivity contribution in [2.75, 3.05) is 0 Å². The van der Waals surface area contributed by atoms with Gasteiger partial charge in [-0.15, -0.1) is 0 Å². The summed E-state index contributed by atoms with van der Waals surface area (Å²) in [6, 6.07) is 0. The third-order valence-electron chi connectivity index (χ3n) is 0. The average molecular weight is 177 g/mol. The Bertz CT molecular complexity index is 194. The average Bonchev–Trinajstić information content (AvgIpc) is 1.19.